The van der Waals surface area contributed by atoms with E-state index < -0.39 is 144 Å². The number of nitrogens with one attached hydrogen (secondary N) is 5. The first kappa shape index (κ1) is 46.0. The minimum atomic E-state index is -1.83. The smallest absolute Gasteiger partial charge is 0.409 e. The highest BCUT2D eigenvalue weighted by Gasteiger charge is 2.46. The van der Waals surface area contributed by atoms with Crippen molar-refractivity contribution in [2.24, 2.45) is 5.73 Å². The lowest BCUT2D eigenvalue weighted by Gasteiger charge is -2.39. The molecule has 2 heterocycles. The van der Waals surface area contributed by atoms with E-state index in [1.165, 1.54) is 0 Å². The number of ether oxygens (including phenoxy) is 7. The van der Waals surface area contributed by atoms with E-state index in [0.717, 1.165) is 0 Å². The highest BCUT2D eigenvalue weighted by atomic mass is 16.7. The van der Waals surface area contributed by atoms with Gasteiger partial charge in [0.1, 0.15) is 68.1 Å². The van der Waals surface area contributed by atoms with E-state index in [4.69, 9.17) is 38.9 Å². The zero-order valence-electron chi connectivity index (χ0n) is 28.5. The van der Waals surface area contributed by atoms with Crippen molar-refractivity contribution in [2.45, 2.75) is 73.6 Å². The van der Waals surface area contributed by atoms with Gasteiger partial charge in [-0.25, -0.2) is 24.0 Å². The molecule has 0 aromatic rings. The summed E-state index contributed by atoms with van der Waals surface area (Å²) in [5, 5.41) is 97.9. The van der Waals surface area contributed by atoms with Gasteiger partial charge < -0.3 is 111 Å². The quantitative estimate of drug-likeness (QED) is 0.0452. The number of hydrogen-bond acceptors (Lipinski definition) is 22. The molecule has 0 bridgehead atoms. The highest BCUT2D eigenvalue weighted by Crippen LogP contribution is 2.23. The predicted octanol–water partition coefficient (Wildman–Crippen LogP) is -8.09. The Hall–Kier alpha value is -4.13. The predicted molar refractivity (Wildman–Crippen MR) is 169 cm³/mol. The number of nitrogens with two attached hydrogens (primary N) is 1. The van der Waals surface area contributed by atoms with Crippen molar-refractivity contribution < 1.29 is 103 Å². The Labute approximate surface area is 305 Å². The molecule has 1 unspecified atom stereocenters. The zero-order valence-corrected chi connectivity index (χ0v) is 28.5. The van der Waals surface area contributed by atoms with Gasteiger partial charge in [0, 0.05) is 13.1 Å². The Morgan fingerprint density at radius 1 is 0.574 bits per heavy atom. The molecule has 2 rings (SSSR count). The molecule has 2 fully saturated rings. The Kier molecular flexibility index (Phi) is 20.1. The first-order valence-corrected chi connectivity index (χ1v) is 16.3. The average molecular weight is 793 g/mol. The van der Waals surface area contributed by atoms with E-state index >= 15 is 0 Å². The maximum absolute atomic E-state index is 12.2. The van der Waals surface area contributed by atoms with Crippen molar-refractivity contribution in [2.75, 3.05) is 65.7 Å². The SMILES string of the molecule is NCC(O)CNC(=O)OC(CNC(=O)OCCNC(=O)O[C@H]1O[C@H](CO)[C@@H](O)[C@H](O)[C@@H]1O)CNC(=O)OCCNC(=O)O[C@H]1O[C@H](CO)[C@@H](O)[C@H](O)[C@@H]1O. The van der Waals surface area contributed by atoms with Crippen LogP contribution in [0.3, 0.4) is 0 Å². The molecule has 11 atom stereocenters. The van der Waals surface area contributed by atoms with Crippen LogP contribution in [0.4, 0.5) is 24.0 Å². The summed E-state index contributed by atoms with van der Waals surface area (Å²) in [6.45, 7) is -4.40. The fraction of sp³-hybridized carbons (Fsp3) is 0.815. The second-order valence-corrected chi connectivity index (χ2v) is 11.4. The van der Waals surface area contributed by atoms with Crippen LogP contribution < -0.4 is 32.3 Å². The standard InChI is InChI=1S/C27H48N6O21/c28-5-11(36)6-31-27(47)50-12(7-32-23(43)48-3-1-29-25(45)53-21-19(41)17(39)15(37)13(9-34)51-21)8-33-24(44)49-4-2-30-26(46)54-22-20(42)18(40)16(38)14(10-35)52-22/h11-22,34-42H,1-10,28H2,(H,29,45)(H,30,46)(H,31,47)(H,32,43)(H,33,44)/t11?,13-,14-,15-,16-,17+,18+,19+,20+,21-,22-/m1/s1. The topological polar surface area (TPSA) is 418 Å². The summed E-state index contributed by atoms with van der Waals surface area (Å²) in [5.74, 6) is 0. The lowest BCUT2D eigenvalue weighted by atomic mass is 9.99. The van der Waals surface area contributed by atoms with Crippen LogP contribution in [0.5, 0.6) is 0 Å². The van der Waals surface area contributed by atoms with Gasteiger partial charge in [-0.05, 0) is 0 Å². The van der Waals surface area contributed by atoms with Crippen molar-refractivity contribution in [3.05, 3.63) is 0 Å². The number of aliphatic hydroxyl groups excluding tert-OH is 9. The highest BCUT2D eigenvalue weighted by molar-refractivity contribution is 5.70. The monoisotopic (exact) mass is 792 g/mol. The van der Waals surface area contributed by atoms with E-state index in [-0.39, 0.29) is 26.2 Å². The fourth-order valence-electron chi connectivity index (χ4n) is 4.35. The van der Waals surface area contributed by atoms with Crippen LogP contribution in [0.15, 0.2) is 0 Å². The summed E-state index contributed by atoms with van der Waals surface area (Å²) in [6.07, 6.45) is -24.6. The molecule has 0 aromatic carbocycles. The molecule has 54 heavy (non-hydrogen) atoms. The van der Waals surface area contributed by atoms with Gasteiger partial charge in [0.15, 0.2) is 0 Å². The number of aliphatic hydroxyl groups is 9. The molecule has 2 aliphatic rings. The van der Waals surface area contributed by atoms with Crippen LogP contribution >= 0.6 is 0 Å². The first-order chi connectivity index (χ1) is 25.6. The number of amides is 5. The van der Waals surface area contributed by atoms with Crippen molar-refractivity contribution in [1.29, 1.82) is 0 Å². The fourth-order valence-corrected chi connectivity index (χ4v) is 4.35. The van der Waals surface area contributed by atoms with E-state index in [1.54, 1.807) is 0 Å². The van der Waals surface area contributed by atoms with Crippen LogP contribution in [-0.2, 0) is 33.2 Å². The van der Waals surface area contributed by atoms with Gasteiger partial charge in [-0.1, -0.05) is 0 Å². The summed E-state index contributed by atoms with van der Waals surface area (Å²) < 4.78 is 34.6. The van der Waals surface area contributed by atoms with E-state index in [1.807, 2.05) is 0 Å². The normalized spacial score (nSPS) is 28.5. The molecule has 0 aliphatic carbocycles. The van der Waals surface area contributed by atoms with Crippen molar-refractivity contribution >= 4 is 30.5 Å². The van der Waals surface area contributed by atoms with Crippen LogP contribution in [0.1, 0.15) is 0 Å². The minimum absolute atomic E-state index is 0.175. The molecule has 16 N–H and O–H groups in total. The molecule has 5 amide bonds. The third-order valence-corrected chi connectivity index (χ3v) is 7.33. The van der Waals surface area contributed by atoms with Gasteiger partial charge in [-0.15, -0.1) is 0 Å². The number of alkyl carbamates (subject to hydrolysis) is 5. The third-order valence-electron chi connectivity index (χ3n) is 7.33. The summed E-state index contributed by atoms with van der Waals surface area (Å²) in [7, 11) is 0. The maximum Gasteiger partial charge on any atom is 0.409 e. The van der Waals surface area contributed by atoms with E-state index in [9.17, 15) is 69.9 Å². The lowest BCUT2D eigenvalue weighted by molar-refractivity contribution is -0.284. The summed E-state index contributed by atoms with van der Waals surface area (Å²) in [6, 6.07) is 0. The lowest BCUT2D eigenvalue weighted by Crippen LogP contribution is -2.59. The van der Waals surface area contributed by atoms with E-state index in [0.29, 0.717) is 0 Å². The molecule has 2 saturated heterocycles. The molecule has 312 valence electrons. The van der Waals surface area contributed by atoms with Gasteiger partial charge in [0.25, 0.3) is 0 Å². The van der Waals surface area contributed by atoms with Crippen molar-refractivity contribution in [3.8, 4) is 0 Å². The maximum atomic E-state index is 12.2. The number of carbonyl (C=O) groups excluding carboxylic acids is 5. The number of carbonyl (C=O) groups is 5. The average Bonchev–Trinajstić information content (AvgIpc) is 3.15. The Bertz CT molecular complexity index is 1110. The van der Waals surface area contributed by atoms with Crippen LogP contribution in [0.25, 0.3) is 0 Å². The van der Waals surface area contributed by atoms with Crippen LogP contribution in [-0.4, -0.2) is 216 Å². The van der Waals surface area contributed by atoms with Gasteiger partial charge in [-0.2, -0.15) is 0 Å². The Morgan fingerprint density at radius 2 is 0.981 bits per heavy atom. The van der Waals surface area contributed by atoms with Crippen molar-refractivity contribution in [3.63, 3.8) is 0 Å². The first-order valence-electron chi connectivity index (χ1n) is 16.3. The molecular weight excluding hydrogens is 744 g/mol. The van der Waals surface area contributed by atoms with Gasteiger partial charge in [-0.3, -0.25) is 0 Å². The van der Waals surface area contributed by atoms with E-state index in [2.05, 4.69) is 26.6 Å². The number of rotatable bonds is 18. The Balaban J connectivity index is 1.74. The number of hydrogen-bond donors (Lipinski definition) is 15. The zero-order chi connectivity index (χ0) is 40.4. The van der Waals surface area contributed by atoms with Gasteiger partial charge in [0.05, 0.1) is 45.5 Å². The molecule has 2 aliphatic heterocycles. The minimum Gasteiger partial charge on any atom is -0.448 e. The summed E-state index contributed by atoms with van der Waals surface area (Å²) >= 11 is 0. The summed E-state index contributed by atoms with van der Waals surface area (Å²) in [4.78, 5) is 60.6. The van der Waals surface area contributed by atoms with Crippen molar-refractivity contribution in [1.82, 2.24) is 26.6 Å². The molecule has 0 saturated carbocycles. The van der Waals surface area contributed by atoms with Gasteiger partial charge in [0.2, 0.25) is 12.6 Å². The van der Waals surface area contributed by atoms with Crippen LogP contribution in [0, 0.1) is 0 Å². The molecule has 0 aromatic heterocycles. The second-order valence-electron chi connectivity index (χ2n) is 11.4. The molecular formula is C27H48N6O21. The molecule has 27 nitrogen and oxygen atoms in total. The Morgan fingerprint density at radius 3 is 1.37 bits per heavy atom. The molecule has 27 heteroatoms. The largest absolute Gasteiger partial charge is 0.448 e. The molecule has 0 spiro atoms. The summed E-state index contributed by atoms with van der Waals surface area (Å²) in [5.41, 5.74) is 5.28. The van der Waals surface area contributed by atoms with Gasteiger partial charge >= 0.3 is 30.5 Å². The van der Waals surface area contributed by atoms with Crippen LogP contribution in [0.2, 0.25) is 0 Å². The third kappa shape index (κ3) is 15.3. The molecule has 0 radical (unpaired) electrons. The second kappa shape index (κ2) is 23.6.